The fourth-order valence-electron chi connectivity index (χ4n) is 8.86. The molecule has 274 valence electrons. The zero-order chi connectivity index (χ0) is 38.3. The lowest BCUT2D eigenvalue weighted by atomic mass is 9.93. The van der Waals surface area contributed by atoms with Crippen LogP contribution >= 0.6 is 0 Å². The van der Waals surface area contributed by atoms with Crippen LogP contribution in [0.15, 0.2) is 201 Å². The van der Waals surface area contributed by atoms with Gasteiger partial charge >= 0.3 is 0 Å². The first-order valence-electron chi connectivity index (χ1n) is 19.9. The van der Waals surface area contributed by atoms with Crippen molar-refractivity contribution in [3.05, 3.63) is 223 Å². The van der Waals surface area contributed by atoms with Crippen LogP contribution in [0.5, 0.6) is 0 Å². The molecule has 0 radical (unpaired) electrons. The lowest BCUT2D eigenvalue weighted by molar-refractivity contribution is 0.442. The predicted octanol–water partition coefficient (Wildman–Crippen LogP) is 13.8. The molecule has 9 aromatic rings. The molecule has 8 aromatic carbocycles. The van der Waals surface area contributed by atoms with Gasteiger partial charge in [0.25, 0.3) is 0 Å². The summed E-state index contributed by atoms with van der Waals surface area (Å²) in [7, 11) is 0. The molecule has 0 bridgehead atoms. The van der Waals surface area contributed by atoms with Crippen molar-refractivity contribution in [1.82, 2.24) is 15.2 Å². The molecule has 2 heterocycles. The van der Waals surface area contributed by atoms with E-state index in [2.05, 4.69) is 217 Å². The Morgan fingerprint density at radius 3 is 2.18 bits per heavy atom. The van der Waals surface area contributed by atoms with Crippen LogP contribution in [0.1, 0.15) is 47.8 Å². The van der Waals surface area contributed by atoms with E-state index in [0.717, 1.165) is 34.5 Å². The van der Waals surface area contributed by atoms with Crippen LogP contribution in [-0.2, 0) is 0 Å². The van der Waals surface area contributed by atoms with Crippen molar-refractivity contribution in [2.75, 3.05) is 0 Å². The molecule has 2 N–H and O–H groups in total. The molecular weight excluding hydrogens is 691 g/mol. The number of nitrogens with zero attached hydrogens (tertiary/aromatic N) is 1. The second-order valence-electron chi connectivity index (χ2n) is 14.9. The topological polar surface area (TPSA) is 29.0 Å². The molecule has 3 heteroatoms. The lowest BCUT2D eigenvalue weighted by Gasteiger charge is -2.33. The van der Waals surface area contributed by atoms with Gasteiger partial charge in [0, 0.05) is 32.9 Å². The van der Waals surface area contributed by atoms with E-state index in [1.807, 2.05) is 6.08 Å². The zero-order valence-electron chi connectivity index (χ0n) is 32.0. The Kier molecular flexibility index (Phi) is 8.86. The van der Waals surface area contributed by atoms with E-state index in [1.54, 1.807) is 0 Å². The summed E-state index contributed by atoms with van der Waals surface area (Å²) in [5.41, 5.74) is 10.5. The van der Waals surface area contributed by atoms with Gasteiger partial charge in [-0.3, -0.25) is 5.32 Å². The highest BCUT2D eigenvalue weighted by Gasteiger charge is 2.26. The Bertz CT molecular complexity index is 3070. The molecule has 0 saturated heterocycles. The number of hydrogen-bond donors (Lipinski definition) is 2. The third-order valence-corrected chi connectivity index (χ3v) is 11.5. The molecule has 0 saturated carbocycles. The summed E-state index contributed by atoms with van der Waals surface area (Å²) < 4.78 is 2.49. The summed E-state index contributed by atoms with van der Waals surface area (Å²) in [6.45, 7) is 6.11. The van der Waals surface area contributed by atoms with Crippen molar-refractivity contribution < 1.29 is 0 Å². The van der Waals surface area contributed by atoms with Gasteiger partial charge in [-0.05, 0) is 80.1 Å². The van der Waals surface area contributed by atoms with Crippen molar-refractivity contribution in [3.8, 4) is 5.69 Å². The Labute approximate surface area is 333 Å². The summed E-state index contributed by atoms with van der Waals surface area (Å²) in [5, 5.41) is 18.1. The molecule has 0 spiro atoms. The first-order chi connectivity index (χ1) is 28.2. The molecule has 57 heavy (non-hydrogen) atoms. The average molecular weight is 734 g/mol. The highest BCUT2D eigenvalue weighted by Crippen LogP contribution is 2.45. The van der Waals surface area contributed by atoms with Crippen LogP contribution in [0.3, 0.4) is 0 Å². The maximum absolute atomic E-state index is 3.95. The fraction of sp³-hybridized carbons (Fsp3) is 0.0741. The number of allylic oxidation sites excluding steroid dienone is 5. The van der Waals surface area contributed by atoms with Crippen LogP contribution < -0.4 is 10.6 Å². The van der Waals surface area contributed by atoms with Crippen molar-refractivity contribution in [3.63, 3.8) is 0 Å². The van der Waals surface area contributed by atoms with E-state index in [1.165, 1.54) is 65.3 Å². The normalized spacial score (nSPS) is 16.2. The lowest BCUT2D eigenvalue weighted by Crippen LogP contribution is -2.39. The van der Waals surface area contributed by atoms with Gasteiger partial charge < -0.3 is 9.88 Å². The molecule has 1 aliphatic rings. The van der Waals surface area contributed by atoms with Crippen LogP contribution in [0, 0.1) is 0 Å². The van der Waals surface area contributed by atoms with Crippen LogP contribution in [0.25, 0.3) is 71.1 Å². The quantitative estimate of drug-likeness (QED) is 0.120. The Balaban J connectivity index is 1.13. The van der Waals surface area contributed by atoms with Crippen molar-refractivity contribution >= 4 is 65.4 Å². The van der Waals surface area contributed by atoms with E-state index in [9.17, 15) is 0 Å². The van der Waals surface area contributed by atoms with E-state index < -0.39 is 0 Å². The van der Waals surface area contributed by atoms with Crippen molar-refractivity contribution in [1.29, 1.82) is 0 Å². The number of benzene rings is 8. The van der Waals surface area contributed by atoms with Gasteiger partial charge in [0.1, 0.15) is 6.17 Å². The summed E-state index contributed by atoms with van der Waals surface area (Å²) in [6, 6.07) is 59.9. The van der Waals surface area contributed by atoms with Gasteiger partial charge in [-0.15, -0.1) is 0 Å². The summed E-state index contributed by atoms with van der Waals surface area (Å²) >= 11 is 0. The van der Waals surface area contributed by atoms with E-state index in [-0.39, 0.29) is 12.2 Å². The molecule has 2 atom stereocenters. The van der Waals surface area contributed by atoms with E-state index in [0.29, 0.717) is 0 Å². The SMILES string of the molecule is C=C/C=C(\C=C/CC)c1ccc(C2=CC(c3ccccc3)NC(c3cccc(-n4c5ccccc5c5c6c7ccccc7ccc6c6ccccc6c54)c3)N2)cc1. The smallest absolute Gasteiger partial charge is 0.104 e. The summed E-state index contributed by atoms with van der Waals surface area (Å²) in [5.74, 6) is 0. The summed E-state index contributed by atoms with van der Waals surface area (Å²) in [6.07, 6.45) is 11.5. The van der Waals surface area contributed by atoms with Gasteiger partial charge in [0.05, 0.1) is 17.1 Å². The van der Waals surface area contributed by atoms with Crippen LogP contribution in [0.4, 0.5) is 0 Å². The Morgan fingerprint density at radius 2 is 1.37 bits per heavy atom. The minimum atomic E-state index is -0.145. The fourth-order valence-corrected chi connectivity index (χ4v) is 8.86. The van der Waals surface area contributed by atoms with E-state index in [4.69, 9.17) is 0 Å². The molecule has 1 aromatic heterocycles. The van der Waals surface area contributed by atoms with E-state index >= 15 is 0 Å². The second-order valence-corrected chi connectivity index (χ2v) is 14.9. The number of aromatic nitrogens is 1. The minimum Gasteiger partial charge on any atom is -0.366 e. The number of para-hydroxylation sites is 1. The highest BCUT2D eigenvalue weighted by molar-refractivity contribution is 6.36. The highest BCUT2D eigenvalue weighted by atomic mass is 15.2. The van der Waals surface area contributed by atoms with Crippen molar-refractivity contribution in [2.24, 2.45) is 0 Å². The van der Waals surface area contributed by atoms with Crippen molar-refractivity contribution in [2.45, 2.75) is 25.6 Å². The van der Waals surface area contributed by atoms with Gasteiger partial charge in [0.2, 0.25) is 0 Å². The number of rotatable bonds is 8. The maximum atomic E-state index is 3.95. The average Bonchev–Trinajstić information content (AvgIpc) is 3.63. The largest absolute Gasteiger partial charge is 0.366 e. The number of nitrogens with one attached hydrogen (secondary N) is 2. The molecule has 0 amide bonds. The molecule has 3 nitrogen and oxygen atoms in total. The first kappa shape index (κ1) is 34.5. The standard InChI is InChI=1S/C54H43N3/c1-3-5-17-36(16-4-2)37-28-30-40(31-29-37)49-35-48(39-19-7-6-8-20-39)55-54(56-49)41-21-15-22-42(34-41)57-50-27-14-13-26-47(50)52-51-43-23-10-9-18-38(43)32-33-45(51)44-24-11-12-25-46(44)53(52)57/h4-35,48,54-56H,2-3H2,1H3/b17-5-,36-16+. The second kappa shape index (κ2) is 14.6. The molecule has 0 aliphatic carbocycles. The molecule has 2 unspecified atom stereocenters. The monoisotopic (exact) mass is 733 g/mol. The van der Waals surface area contributed by atoms with Crippen LogP contribution in [-0.4, -0.2) is 4.57 Å². The first-order valence-corrected chi connectivity index (χ1v) is 19.9. The van der Waals surface area contributed by atoms with Crippen LogP contribution in [0.2, 0.25) is 0 Å². The third kappa shape index (κ3) is 6.05. The van der Waals surface area contributed by atoms with Gasteiger partial charge in [-0.25, -0.2) is 0 Å². The Morgan fingerprint density at radius 1 is 0.649 bits per heavy atom. The molecule has 0 fully saturated rings. The minimum absolute atomic E-state index is 0.0105. The summed E-state index contributed by atoms with van der Waals surface area (Å²) in [4.78, 5) is 0. The maximum Gasteiger partial charge on any atom is 0.104 e. The number of fused-ring (bicyclic) bond motifs is 10. The zero-order valence-corrected chi connectivity index (χ0v) is 32.0. The Hall–Kier alpha value is -6.94. The third-order valence-electron chi connectivity index (χ3n) is 11.5. The van der Waals surface area contributed by atoms with Gasteiger partial charge in [-0.2, -0.15) is 0 Å². The number of hydrogen-bond acceptors (Lipinski definition) is 2. The van der Waals surface area contributed by atoms with Gasteiger partial charge in [-0.1, -0.05) is 183 Å². The predicted molar refractivity (Wildman–Crippen MR) is 244 cm³/mol. The van der Waals surface area contributed by atoms with Gasteiger partial charge in [0.15, 0.2) is 0 Å². The molecule has 10 rings (SSSR count). The molecule has 1 aliphatic heterocycles. The molecular formula is C54H43N3.